The fraction of sp³-hybridized carbons (Fsp3) is 0.429. The summed E-state index contributed by atoms with van der Waals surface area (Å²) in [5.41, 5.74) is 0.807. The molecule has 1 aromatic carbocycles. The van der Waals surface area contributed by atoms with Crippen LogP contribution in [-0.4, -0.2) is 49.4 Å². The highest BCUT2D eigenvalue weighted by molar-refractivity contribution is 5.62. The maximum Gasteiger partial charge on any atom is 0.251 e. The summed E-state index contributed by atoms with van der Waals surface area (Å²) in [6.07, 6.45) is 0. The Morgan fingerprint density at radius 1 is 1.25 bits per heavy atom. The lowest BCUT2D eigenvalue weighted by Gasteiger charge is -2.08. The maximum atomic E-state index is 5.64. The number of likely N-dealkylation sites (N-methyl/N-ethyl adjacent to an activating group) is 1. The van der Waals surface area contributed by atoms with E-state index in [9.17, 15) is 0 Å². The first kappa shape index (κ1) is 14.5. The topological polar surface area (TPSA) is 63.4 Å². The third-order valence-electron chi connectivity index (χ3n) is 2.82. The van der Waals surface area contributed by atoms with E-state index in [1.165, 1.54) is 0 Å². The molecule has 6 heteroatoms. The van der Waals surface area contributed by atoms with Crippen molar-refractivity contribution < 1.29 is 9.15 Å². The average Bonchev–Trinajstić information content (AvgIpc) is 2.92. The molecule has 6 nitrogen and oxygen atoms in total. The molecule has 0 bridgehead atoms. The quantitative estimate of drug-likeness (QED) is 0.771. The van der Waals surface area contributed by atoms with Crippen molar-refractivity contribution in [1.29, 1.82) is 0 Å². The van der Waals surface area contributed by atoms with Crippen LogP contribution < -0.4 is 10.1 Å². The van der Waals surface area contributed by atoms with E-state index in [1.54, 1.807) is 7.11 Å². The molecule has 0 saturated heterocycles. The van der Waals surface area contributed by atoms with Gasteiger partial charge in [0.2, 0.25) is 5.89 Å². The minimum Gasteiger partial charge on any atom is -0.496 e. The number of nitrogens with one attached hydrogen (secondary N) is 1. The molecule has 0 radical (unpaired) electrons. The van der Waals surface area contributed by atoms with Crippen LogP contribution in [0.15, 0.2) is 28.7 Å². The first-order valence-corrected chi connectivity index (χ1v) is 6.52. The lowest BCUT2D eigenvalue weighted by atomic mass is 10.2. The van der Waals surface area contributed by atoms with Gasteiger partial charge in [0, 0.05) is 13.1 Å². The van der Waals surface area contributed by atoms with Crippen LogP contribution in [0.25, 0.3) is 11.5 Å². The monoisotopic (exact) mass is 276 g/mol. The summed E-state index contributed by atoms with van der Waals surface area (Å²) < 4.78 is 10.9. The van der Waals surface area contributed by atoms with E-state index in [4.69, 9.17) is 9.15 Å². The number of aromatic nitrogens is 2. The molecule has 2 aromatic rings. The summed E-state index contributed by atoms with van der Waals surface area (Å²) in [5.74, 6) is 1.78. The van der Waals surface area contributed by atoms with Gasteiger partial charge in [-0.1, -0.05) is 12.1 Å². The summed E-state index contributed by atoms with van der Waals surface area (Å²) in [6, 6.07) is 7.59. The number of benzene rings is 1. The van der Waals surface area contributed by atoms with Crippen molar-refractivity contribution >= 4 is 0 Å². The van der Waals surface area contributed by atoms with Crippen LogP contribution in [0, 0.1) is 0 Å². The highest BCUT2D eigenvalue weighted by atomic mass is 16.5. The molecule has 1 aromatic heterocycles. The SMILES string of the molecule is COc1ccccc1-c1nnc(CNCCN(C)C)o1. The van der Waals surface area contributed by atoms with E-state index >= 15 is 0 Å². The summed E-state index contributed by atoms with van der Waals surface area (Å²) >= 11 is 0. The van der Waals surface area contributed by atoms with Gasteiger partial charge in [0.15, 0.2) is 0 Å². The summed E-state index contributed by atoms with van der Waals surface area (Å²) in [6.45, 7) is 2.41. The van der Waals surface area contributed by atoms with Crippen LogP contribution in [0.2, 0.25) is 0 Å². The molecule has 0 unspecified atom stereocenters. The number of para-hydroxylation sites is 1. The Kier molecular flexibility index (Phi) is 5.09. The van der Waals surface area contributed by atoms with E-state index in [-0.39, 0.29) is 0 Å². The second kappa shape index (κ2) is 7.02. The molecule has 0 aliphatic rings. The maximum absolute atomic E-state index is 5.64. The van der Waals surface area contributed by atoms with Crippen molar-refractivity contribution in [3.8, 4) is 17.2 Å². The van der Waals surface area contributed by atoms with Crippen molar-refractivity contribution in [1.82, 2.24) is 20.4 Å². The van der Waals surface area contributed by atoms with E-state index in [2.05, 4.69) is 20.4 Å². The molecule has 0 amide bonds. The summed E-state index contributed by atoms with van der Waals surface area (Å²) in [5, 5.41) is 11.4. The van der Waals surface area contributed by atoms with Gasteiger partial charge in [-0.15, -0.1) is 10.2 Å². The van der Waals surface area contributed by atoms with Gasteiger partial charge in [0.1, 0.15) is 5.75 Å². The van der Waals surface area contributed by atoms with Gasteiger partial charge >= 0.3 is 0 Å². The standard InChI is InChI=1S/C14H20N4O2/c1-18(2)9-8-15-10-13-16-17-14(20-13)11-6-4-5-7-12(11)19-3/h4-7,15H,8-10H2,1-3H3. The zero-order chi connectivity index (χ0) is 14.4. The Labute approximate surface area is 118 Å². The number of nitrogens with zero attached hydrogens (tertiary/aromatic N) is 3. The third kappa shape index (κ3) is 3.79. The van der Waals surface area contributed by atoms with Crippen molar-refractivity contribution in [3.05, 3.63) is 30.2 Å². The van der Waals surface area contributed by atoms with Gasteiger partial charge in [-0.25, -0.2) is 0 Å². The average molecular weight is 276 g/mol. The van der Waals surface area contributed by atoms with Gasteiger partial charge in [0.05, 0.1) is 19.2 Å². The predicted molar refractivity (Wildman–Crippen MR) is 76.5 cm³/mol. The molecule has 0 fully saturated rings. The Morgan fingerprint density at radius 2 is 2.05 bits per heavy atom. The minimum absolute atomic E-state index is 0.479. The van der Waals surface area contributed by atoms with E-state index in [0.29, 0.717) is 18.3 Å². The molecule has 0 atom stereocenters. The van der Waals surface area contributed by atoms with Crippen molar-refractivity contribution in [2.75, 3.05) is 34.3 Å². The number of hydrogen-bond donors (Lipinski definition) is 1. The number of hydrogen-bond acceptors (Lipinski definition) is 6. The van der Waals surface area contributed by atoms with E-state index in [0.717, 1.165) is 24.4 Å². The fourth-order valence-corrected chi connectivity index (χ4v) is 1.75. The smallest absolute Gasteiger partial charge is 0.251 e. The minimum atomic E-state index is 0.479. The molecule has 0 aliphatic heterocycles. The molecule has 2 rings (SSSR count). The van der Waals surface area contributed by atoms with E-state index < -0.39 is 0 Å². The second-order valence-electron chi connectivity index (χ2n) is 4.68. The summed E-state index contributed by atoms with van der Waals surface area (Å²) in [7, 11) is 5.70. The normalized spacial score (nSPS) is 11.0. The lowest BCUT2D eigenvalue weighted by Crippen LogP contribution is -2.26. The molecular weight excluding hydrogens is 256 g/mol. The van der Waals surface area contributed by atoms with E-state index in [1.807, 2.05) is 38.4 Å². The molecule has 0 aliphatic carbocycles. The van der Waals surface area contributed by atoms with Crippen LogP contribution >= 0.6 is 0 Å². The Hall–Kier alpha value is -1.92. The zero-order valence-electron chi connectivity index (χ0n) is 12.1. The molecule has 20 heavy (non-hydrogen) atoms. The Balaban J connectivity index is 1.98. The van der Waals surface area contributed by atoms with Crippen LogP contribution in [0.1, 0.15) is 5.89 Å². The lowest BCUT2D eigenvalue weighted by molar-refractivity contribution is 0.389. The second-order valence-corrected chi connectivity index (χ2v) is 4.68. The zero-order valence-corrected chi connectivity index (χ0v) is 12.1. The van der Waals surface area contributed by atoms with Crippen LogP contribution in [0.3, 0.4) is 0 Å². The highest BCUT2D eigenvalue weighted by Gasteiger charge is 2.12. The van der Waals surface area contributed by atoms with Crippen molar-refractivity contribution in [2.24, 2.45) is 0 Å². The van der Waals surface area contributed by atoms with Gasteiger partial charge < -0.3 is 19.4 Å². The number of methoxy groups -OCH3 is 1. The largest absolute Gasteiger partial charge is 0.496 e. The van der Waals surface area contributed by atoms with Gasteiger partial charge in [-0.2, -0.15) is 0 Å². The predicted octanol–water partition coefficient (Wildman–Crippen LogP) is 1.40. The molecular formula is C14H20N4O2. The number of rotatable bonds is 7. The molecule has 0 spiro atoms. The Morgan fingerprint density at radius 3 is 2.80 bits per heavy atom. The molecule has 1 N–H and O–H groups in total. The third-order valence-corrected chi connectivity index (χ3v) is 2.82. The summed E-state index contributed by atoms with van der Waals surface area (Å²) in [4.78, 5) is 2.11. The molecule has 1 heterocycles. The fourth-order valence-electron chi connectivity index (χ4n) is 1.75. The highest BCUT2D eigenvalue weighted by Crippen LogP contribution is 2.28. The van der Waals surface area contributed by atoms with Gasteiger partial charge in [0.25, 0.3) is 5.89 Å². The van der Waals surface area contributed by atoms with Crippen molar-refractivity contribution in [2.45, 2.75) is 6.54 Å². The first-order chi connectivity index (χ1) is 9.70. The van der Waals surface area contributed by atoms with Crippen LogP contribution in [0.5, 0.6) is 5.75 Å². The van der Waals surface area contributed by atoms with Crippen LogP contribution in [-0.2, 0) is 6.54 Å². The molecule has 0 saturated carbocycles. The Bertz CT molecular complexity index is 539. The van der Waals surface area contributed by atoms with Crippen LogP contribution in [0.4, 0.5) is 0 Å². The molecule has 108 valence electrons. The van der Waals surface area contributed by atoms with Gasteiger partial charge in [-0.3, -0.25) is 0 Å². The van der Waals surface area contributed by atoms with Crippen molar-refractivity contribution in [3.63, 3.8) is 0 Å². The van der Waals surface area contributed by atoms with Gasteiger partial charge in [-0.05, 0) is 26.2 Å². The number of ether oxygens (including phenoxy) is 1. The first-order valence-electron chi connectivity index (χ1n) is 6.52.